The summed E-state index contributed by atoms with van der Waals surface area (Å²) in [6.07, 6.45) is 1.75. The molecule has 0 radical (unpaired) electrons. The lowest BCUT2D eigenvalue weighted by molar-refractivity contribution is -0.132. The summed E-state index contributed by atoms with van der Waals surface area (Å²) in [5.41, 5.74) is 2.71. The number of anilines is 1. The van der Waals surface area contributed by atoms with Gasteiger partial charge in [0.25, 0.3) is 0 Å². The highest BCUT2D eigenvalue weighted by molar-refractivity contribution is 6.32. The standard InChI is InChI=1S/C20H22ClN5O2/c1-14-3-4-15-12-22-26(20(15)23-14)13-19(27)25-9-7-24(8-10-25)16-5-6-17(21)18(11-16)28-2/h3-6,11-12H,7-10,13H2,1-2H3. The molecule has 1 fully saturated rings. The molecule has 146 valence electrons. The predicted octanol–water partition coefficient (Wildman–Crippen LogP) is 2.75. The first-order chi connectivity index (χ1) is 13.5. The molecule has 3 heterocycles. The van der Waals surface area contributed by atoms with Crippen molar-refractivity contribution >= 4 is 34.2 Å². The molecule has 2 aromatic heterocycles. The molecular formula is C20H22ClN5O2. The van der Waals surface area contributed by atoms with E-state index in [9.17, 15) is 4.79 Å². The zero-order valence-corrected chi connectivity index (χ0v) is 16.7. The minimum absolute atomic E-state index is 0.0571. The van der Waals surface area contributed by atoms with E-state index in [0.29, 0.717) is 23.9 Å². The summed E-state index contributed by atoms with van der Waals surface area (Å²) < 4.78 is 6.98. The van der Waals surface area contributed by atoms with Crippen molar-refractivity contribution in [2.24, 2.45) is 0 Å². The van der Waals surface area contributed by atoms with Crippen LogP contribution in [-0.2, 0) is 11.3 Å². The van der Waals surface area contributed by atoms with E-state index in [4.69, 9.17) is 16.3 Å². The Hall–Kier alpha value is -2.80. The minimum Gasteiger partial charge on any atom is -0.495 e. The Balaban J connectivity index is 1.40. The number of fused-ring (bicyclic) bond motifs is 1. The van der Waals surface area contributed by atoms with Crippen LogP contribution in [0, 0.1) is 6.92 Å². The molecule has 0 N–H and O–H groups in total. The molecule has 1 aliphatic rings. The third kappa shape index (κ3) is 3.62. The number of nitrogens with zero attached hydrogens (tertiary/aromatic N) is 5. The van der Waals surface area contributed by atoms with Crippen molar-refractivity contribution in [3.63, 3.8) is 0 Å². The Morgan fingerprint density at radius 2 is 1.96 bits per heavy atom. The van der Waals surface area contributed by atoms with Crippen LogP contribution in [0.2, 0.25) is 5.02 Å². The number of carbonyl (C=O) groups is 1. The molecule has 3 aromatic rings. The number of aryl methyl sites for hydroxylation is 1. The van der Waals surface area contributed by atoms with Crippen molar-refractivity contribution in [2.45, 2.75) is 13.5 Å². The van der Waals surface area contributed by atoms with E-state index < -0.39 is 0 Å². The van der Waals surface area contributed by atoms with Crippen molar-refractivity contribution < 1.29 is 9.53 Å². The second-order valence-corrected chi connectivity index (χ2v) is 7.26. The fourth-order valence-corrected chi connectivity index (χ4v) is 3.65. The van der Waals surface area contributed by atoms with Crippen LogP contribution in [-0.4, -0.2) is 58.9 Å². The quantitative estimate of drug-likeness (QED) is 0.675. The Labute approximate surface area is 168 Å². The van der Waals surface area contributed by atoms with Crippen LogP contribution in [0.5, 0.6) is 5.75 Å². The van der Waals surface area contributed by atoms with Gasteiger partial charge in [0, 0.05) is 49.0 Å². The number of carbonyl (C=O) groups excluding carboxylic acids is 1. The van der Waals surface area contributed by atoms with Gasteiger partial charge in [-0.05, 0) is 31.2 Å². The molecule has 8 heteroatoms. The Bertz CT molecular complexity index is 1010. The van der Waals surface area contributed by atoms with Gasteiger partial charge in [0.2, 0.25) is 5.91 Å². The van der Waals surface area contributed by atoms with E-state index in [1.807, 2.05) is 42.2 Å². The number of amides is 1. The van der Waals surface area contributed by atoms with Crippen molar-refractivity contribution in [1.29, 1.82) is 0 Å². The number of aromatic nitrogens is 3. The van der Waals surface area contributed by atoms with Gasteiger partial charge in [0.1, 0.15) is 12.3 Å². The maximum absolute atomic E-state index is 12.8. The number of ether oxygens (including phenoxy) is 1. The Kier molecular flexibility index (Phi) is 5.09. The van der Waals surface area contributed by atoms with E-state index in [1.165, 1.54) is 0 Å². The molecule has 28 heavy (non-hydrogen) atoms. The smallest absolute Gasteiger partial charge is 0.244 e. The number of benzene rings is 1. The molecular weight excluding hydrogens is 378 g/mol. The maximum atomic E-state index is 12.8. The minimum atomic E-state index is 0.0571. The molecule has 0 bridgehead atoms. The largest absolute Gasteiger partial charge is 0.495 e. The van der Waals surface area contributed by atoms with Crippen LogP contribution in [0.15, 0.2) is 36.5 Å². The third-order valence-corrected chi connectivity index (χ3v) is 5.35. The molecule has 7 nitrogen and oxygen atoms in total. The highest BCUT2D eigenvalue weighted by Crippen LogP contribution is 2.29. The molecule has 1 saturated heterocycles. The average Bonchev–Trinajstić information content (AvgIpc) is 3.10. The number of hydrogen-bond donors (Lipinski definition) is 0. The first-order valence-electron chi connectivity index (χ1n) is 9.20. The summed E-state index contributed by atoms with van der Waals surface area (Å²) in [5, 5.41) is 5.87. The van der Waals surface area contributed by atoms with Crippen LogP contribution >= 0.6 is 11.6 Å². The van der Waals surface area contributed by atoms with Gasteiger partial charge in [0.05, 0.1) is 18.3 Å². The summed E-state index contributed by atoms with van der Waals surface area (Å²) in [5.74, 6) is 0.715. The Morgan fingerprint density at radius 3 is 2.71 bits per heavy atom. The molecule has 0 saturated carbocycles. The number of hydrogen-bond acceptors (Lipinski definition) is 5. The summed E-state index contributed by atoms with van der Waals surface area (Å²) in [7, 11) is 1.61. The van der Waals surface area contributed by atoms with Crippen LogP contribution in [0.25, 0.3) is 11.0 Å². The van der Waals surface area contributed by atoms with Gasteiger partial charge in [-0.2, -0.15) is 5.10 Å². The van der Waals surface area contributed by atoms with Gasteiger partial charge >= 0.3 is 0 Å². The summed E-state index contributed by atoms with van der Waals surface area (Å²) in [6, 6.07) is 9.67. The second-order valence-electron chi connectivity index (χ2n) is 6.85. The molecule has 1 aliphatic heterocycles. The first kappa shape index (κ1) is 18.6. The molecule has 0 atom stereocenters. The van der Waals surface area contributed by atoms with Gasteiger partial charge < -0.3 is 14.5 Å². The highest BCUT2D eigenvalue weighted by atomic mass is 35.5. The van der Waals surface area contributed by atoms with Gasteiger partial charge in [-0.15, -0.1) is 0 Å². The number of rotatable bonds is 4. The van der Waals surface area contributed by atoms with Crippen LogP contribution in [0.3, 0.4) is 0 Å². The Morgan fingerprint density at radius 1 is 1.18 bits per heavy atom. The summed E-state index contributed by atoms with van der Waals surface area (Å²) in [6.45, 7) is 4.98. The number of methoxy groups -OCH3 is 1. The third-order valence-electron chi connectivity index (χ3n) is 5.04. The molecule has 0 spiro atoms. The second kappa shape index (κ2) is 7.67. The molecule has 4 rings (SSSR count). The zero-order valence-electron chi connectivity index (χ0n) is 15.9. The number of pyridine rings is 1. The summed E-state index contributed by atoms with van der Waals surface area (Å²) >= 11 is 6.11. The maximum Gasteiger partial charge on any atom is 0.244 e. The van der Waals surface area contributed by atoms with Gasteiger partial charge in [-0.3, -0.25) is 4.79 Å². The topological polar surface area (TPSA) is 63.5 Å². The van der Waals surface area contributed by atoms with Gasteiger partial charge in [0.15, 0.2) is 5.65 Å². The van der Waals surface area contributed by atoms with Gasteiger partial charge in [-0.1, -0.05) is 11.6 Å². The van der Waals surface area contributed by atoms with E-state index in [1.54, 1.807) is 18.0 Å². The van der Waals surface area contributed by atoms with Crippen molar-refractivity contribution in [3.8, 4) is 5.75 Å². The van der Waals surface area contributed by atoms with Crippen molar-refractivity contribution in [1.82, 2.24) is 19.7 Å². The van der Waals surface area contributed by atoms with Crippen LogP contribution < -0.4 is 9.64 Å². The fraction of sp³-hybridized carbons (Fsp3) is 0.350. The molecule has 0 unspecified atom stereocenters. The predicted molar refractivity (Wildman–Crippen MR) is 109 cm³/mol. The fourth-order valence-electron chi connectivity index (χ4n) is 3.45. The molecule has 0 aliphatic carbocycles. The van der Waals surface area contributed by atoms with Crippen molar-refractivity contribution in [3.05, 3.63) is 47.2 Å². The molecule has 1 amide bonds. The lowest BCUT2D eigenvalue weighted by Crippen LogP contribution is -2.49. The zero-order chi connectivity index (χ0) is 19.7. The normalized spacial score (nSPS) is 14.5. The monoisotopic (exact) mass is 399 g/mol. The number of piperazine rings is 1. The van der Waals surface area contributed by atoms with E-state index in [-0.39, 0.29) is 12.5 Å². The SMILES string of the molecule is COc1cc(N2CCN(C(=O)Cn3ncc4ccc(C)nc43)CC2)ccc1Cl. The van der Waals surface area contributed by atoms with Crippen LogP contribution in [0.1, 0.15) is 5.69 Å². The van der Waals surface area contributed by atoms with Gasteiger partial charge in [-0.25, -0.2) is 9.67 Å². The van der Waals surface area contributed by atoms with E-state index in [0.717, 1.165) is 35.5 Å². The van der Waals surface area contributed by atoms with Crippen LogP contribution in [0.4, 0.5) is 5.69 Å². The molecule has 1 aromatic carbocycles. The first-order valence-corrected chi connectivity index (χ1v) is 9.58. The lowest BCUT2D eigenvalue weighted by Gasteiger charge is -2.36. The van der Waals surface area contributed by atoms with Crippen molar-refractivity contribution in [2.75, 3.05) is 38.2 Å². The van der Waals surface area contributed by atoms with E-state index >= 15 is 0 Å². The highest BCUT2D eigenvalue weighted by Gasteiger charge is 2.23. The lowest BCUT2D eigenvalue weighted by atomic mass is 10.2. The van der Waals surface area contributed by atoms with E-state index in [2.05, 4.69) is 15.0 Å². The summed E-state index contributed by atoms with van der Waals surface area (Å²) in [4.78, 5) is 21.4. The number of halogens is 1. The average molecular weight is 400 g/mol.